The molecule has 1 saturated carbocycles. The summed E-state index contributed by atoms with van der Waals surface area (Å²) < 4.78 is 7.88. The summed E-state index contributed by atoms with van der Waals surface area (Å²) in [5.74, 6) is 1.30. The van der Waals surface area contributed by atoms with E-state index in [0.29, 0.717) is 33.5 Å². The molecule has 0 spiro atoms. The summed E-state index contributed by atoms with van der Waals surface area (Å²) in [5, 5.41) is 18.9. The zero-order valence-corrected chi connectivity index (χ0v) is 18.2. The first-order valence-corrected chi connectivity index (χ1v) is 11.2. The van der Waals surface area contributed by atoms with Crippen molar-refractivity contribution in [2.75, 3.05) is 17.2 Å². The maximum atomic E-state index is 12.8. The lowest BCUT2D eigenvalue weighted by Crippen LogP contribution is -2.32. The molecule has 31 heavy (non-hydrogen) atoms. The highest BCUT2D eigenvalue weighted by molar-refractivity contribution is 7.99. The van der Waals surface area contributed by atoms with Crippen molar-refractivity contribution in [2.24, 2.45) is 0 Å². The predicted octanol–water partition coefficient (Wildman–Crippen LogP) is 4.49. The fraction of sp³-hybridized carbons (Fsp3) is 0.273. The lowest BCUT2D eigenvalue weighted by atomic mass is 10.3. The predicted molar refractivity (Wildman–Crippen MR) is 119 cm³/mol. The summed E-state index contributed by atoms with van der Waals surface area (Å²) >= 11 is 7.49. The van der Waals surface area contributed by atoms with Crippen molar-refractivity contribution in [1.29, 1.82) is 5.26 Å². The second-order valence-corrected chi connectivity index (χ2v) is 8.33. The van der Waals surface area contributed by atoms with Gasteiger partial charge in [-0.05, 0) is 37.1 Å². The summed E-state index contributed by atoms with van der Waals surface area (Å²) in [5.41, 5.74) is 0.701. The average molecular weight is 454 g/mol. The molecule has 1 aliphatic rings. The van der Waals surface area contributed by atoms with Crippen LogP contribution in [0, 0.1) is 11.3 Å². The van der Waals surface area contributed by atoms with Gasteiger partial charge in [-0.2, -0.15) is 5.26 Å². The quantitative estimate of drug-likeness (QED) is 0.350. The molecular weight excluding hydrogens is 434 g/mol. The second kappa shape index (κ2) is 9.86. The third-order valence-corrected chi connectivity index (χ3v) is 6.00. The van der Waals surface area contributed by atoms with Gasteiger partial charge < -0.3 is 4.74 Å². The smallest absolute Gasteiger partial charge is 0.238 e. The Morgan fingerprint density at radius 2 is 1.94 bits per heavy atom. The normalized spacial score (nSPS) is 12.9. The summed E-state index contributed by atoms with van der Waals surface area (Å²) in [6.45, 7) is 0.238. The van der Waals surface area contributed by atoms with Crippen LogP contribution in [0.5, 0.6) is 5.75 Å². The molecule has 0 aliphatic heterocycles. The number of carbonyl (C=O) groups is 1. The van der Waals surface area contributed by atoms with E-state index in [-0.39, 0.29) is 24.8 Å². The molecule has 0 radical (unpaired) electrons. The lowest BCUT2D eigenvalue weighted by Gasteiger charge is -2.19. The Morgan fingerprint density at radius 3 is 2.65 bits per heavy atom. The van der Waals surface area contributed by atoms with Gasteiger partial charge in [-0.25, -0.2) is 0 Å². The van der Waals surface area contributed by atoms with Crippen LogP contribution in [-0.4, -0.2) is 33.0 Å². The van der Waals surface area contributed by atoms with E-state index in [0.717, 1.165) is 12.8 Å². The van der Waals surface area contributed by atoms with Crippen LogP contribution in [0.25, 0.3) is 0 Å². The molecule has 0 unspecified atom stereocenters. The Labute approximate surface area is 189 Å². The summed E-state index contributed by atoms with van der Waals surface area (Å²) in [4.78, 5) is 14.3. The number of thioether (sulfide) groups is 1. The van der Waals surface area contributed by atoms with Gasteiger partial charge in [0.1, 0.15) is 18.9 Å². The molecule has 158 valence electrons. The molecule has 1 heterocycles. The fourth-order valence-electron chi connectivity index (χ4n) is 3.11. The van der Waals surface area contributed by atoms with E-state index in [9.17, 15) is 4.79 Å². The fourth-order valence-corrected chi connectivity index (χ4v) is 4.20. The van der Waals surface area contributed by atoms with Crippen LogP contribution >= 0.6 is 23.4 Å². The molecule has 1 aliphatic carbocycles. The van der Waals surface area contributed by atoms with E-state index in [1.54, 1.807) is 6.07 Å². The number of hydrogen-bond donors (Lipinski definition) is 0. The molecule has 0 saturated heterocycles. The number of benzene rings is 2. The van der Waals surface area contributed by atoms with Gasteiger partial charge in [0.15, 0.2) is 11.0 Å². The van der Waals surface area contributed by atoms with Crippen LogP contribution in [-0.2, 0) is 11.4 Å². The Bertz CT molecular complexity index is 1090. The lowest BCUT2D eigenvalue weighted by molar-refractivity contribution is -0.116. The molecule has 1 fully saturated rings. The van der Waals surface area contributed by atoms with Gasteiger partial charge in [-0.15, -0.1) is 10.2 Å². The first kappa shape index (κ1) is 21.2. The van der Waals surface area contributed by atoms with E-state index in [4.69, 9.17) is 21.6 Å². The van der Waals surface area contributed by atoms with Crippen molar-refractivity contribution in [1.82, 2.24) is 14.8 Å². The maximum Gasteiger partial charge on any atom is 0.238 e. The number of nitrogens with zero attached hydrogens (tertiary/aromatic N) is 5. The van der Waals surface area contributed by atoms with Crippen LogP contribution in [0.3, 0.4) is 0 Å². The zero-order valence-electron chi connectivity index (χ0n) is 16.6. The van der Waals surface area contributed by atoms with Crippen molar-refractivity contribution in [3.63, 3.8) is 0 Å². The van der Waals surface area contributed by atoms with E-state index in [1.165, 1.54) is 16.7 Å². The Morgan fingerprint density at radius 1 is 1.19 bits per heavy atom. The minimum absolute atomic E-state index is 0.00432. The van der Waals surface area contributed by atoms with E-state index in [2.05, 4.69) is 16.3 Å². The number of hydrogen-bond acceptors (Lipinski definition) is 6. The maximum absolute atomic E-state index is 12.8. The highest BCUT2D eigenvalue weighted by atomic mass is 35.5. The van der Waals surface area contributed by atoms with Crippen LogP contribution in [0.1, 0.15) is 24.7 Å². The van der Waals surface area contributed by atoms with Crippen molar-refractivity contribution in [2.45, 2.75) is 30.6 Å². The molecule has 2 aromatic carbocycles. The molecule has 0 atom stereocenters. The van der Waals surface area contributed by atoms with Gasteiger partial charge in [0.05, 0.1) is 16.8 Å². The molecule has 4 rings (SSSR count). The van der Waals surface area contributed by atoms with E-state index in [1.807, 2.05) is 53.1 Å². The Kier molecular flexibility index (Phi) is 6.75. The van der Waals surface area contributed by atoms with Crippen molar-refractivity contribution in [3.8, 4) is 11.8 Å². The number of anilines is 1. The van der Waals surface area contributed by atoms with Gasteiger partial charge in [0, 0.05) is 11.7 Å². The van der Waals surface area contributed by atoms with Crippen LogP contribution < -0.4 is 9.64 Å². The van der Waals surface area contributed by atoms with Crippen LogP contribution in [0.4, 0.5) is 5.69 Å². The molecule has 0 N–H and O–H groups in total. The minimum Gasteiger partial charge on any atom is -0.484 e. The number of amides is 1. The Hall–Kier alpha value is -3.02. The van der Waals surface area contributed by atoms with E-state index < -0.39 is 0 Å². The standard InChI is InChI=1S/C22H20ClN5O2S/c23-18-8-4-5-9-19(18)30-14-20-25-26-22(28(20)17-10-11-17)31-15-21(29)27(13-12-24)16-6-2-1-3-7-16/h1-9,17H,10-11,13-15H2. The summed E-state index contributed by atoms with van der Waals surface area (Å²) in [6.07, 6.45) is 2.09. The van der Waals surface area contributed by atoms with Crippen LogP contribution in [0.15, 0.2) is 59.8 Å². The van der Waals surface area contributed by atoms with Crippen molar-refractivity contribution in [3.05, 3.63) is 65.4 Å². The number of nitriles is 1. The number of rotatable bonds is 9. The van der Waals surface area contributed by atoms with Gasteiger partial charge in [0.25, 0.3) is 0 Å². The molecule has 1 amide bonds. The third-order valence-electron chi connectivity index (χ3n) is 4.76. The molecule has 3 aromatic rings. The van der Waals surface area contributed by atoms with Crippen LogP contribution in [0.2, 0.25) is 5.02 Å². The Balaban J connectivity index is 1.44. The van der Waals surface area contributed by atoms with Crippen molar-refractivity contribution >= 4 is 35.0 Å². The van der Waals surface area contributed by atoms with E-state index >= 15 is 0 Å². The number of carbonyl (C=O) groups excluding carboxylic acids is 1. The second-order valence-electron chi connectivity index (χ2n) is 6.98. The highest BCUT2D eigenvalue weighted by Gasteiger charge is 2.30. The van der Waals surface area contributed by atoms with Crippen molar-refractivity contribution < 1.29 is 9.53 Å². The number of para-hydroxylation sites is 2. The molecular formula is C22H20ClN5O2S. The van der Waals surface area contributed by atoms with Gasteiger partial charge in [0.2, 0.25) is 5.91 Å². The SMILES string of the molecule is N#CCN(C(=O)CSc1nnc(COc2ccccc2Cl)n1C1CC1)c1ccccc1. The van der Waals surface area contributed by atoms with Gasteiger partial charge in [-0.3, -0.25) is 14.3 Å². The summed E-state index contributed by atoms with van der Waals surface area (Å²) in [7, 11) is 0. The number of halogens is 1. The van der Waals surface area contributed by atoms with Gasteiger partial charge in [-0.1, -0.05) is 53.7 Å². The largest absolute Gasteiger partial charge is 0.484 e. The number of aromatic nitrogens is 3. The topological polar surface area (TPSA) is 84.0 Å². The minimum atomic E-state index is -0.156. The molecule has 1 aromatic heterocycles. The molecule has 0 bridgehead atoms. The van der Waals surface area contributed by atoms with Gasteiger partial charge >= 0.3 is 0 Å². The number of ether oxygens (including phenoxy) is 1. The average Bonchev–Trinajstić information content (AvgIpc) is 3.55. The first-order chi connectivity index (χ1) is 15.2. The highest BCUT2D eigenvalue weighted by Crippen LogP contribution is 2.39. The molecule has 7 nitrogen and oxygen atoms in total. The summed E-state index contributed by atoms with van der Waals surface area (Å²) in [6, 6.07) is 18.9. The monoisotopic (exact) mass is 453 g/mol. The first-order valence-electron chi connectivity index (χ1n) is 9.83. The third kappa shape index (κ3) is 5.19. The molecule has 9 heteroatoms. The zero-order chi connectivity index (χ0) is 21.6.